The third-order valence-corrected chi connectivity index (χ3v) is 2.37. The van der Waals surface area contributed by atoms with Gasteiger partial charge in [-0.1, -0.05) is 28.1 Å². The van der Waals surface area contributed by atoms with Gasteiger partial charge >= 0.3 is 5.97 Å². The number of benzene rings is 1. The molecule has 0 radical (unpaired) electrons. The van der Waals surface area contributed by atoms with Crippen LogP contribution >= 0.6 is 15.9 Å². The molecule has 15 heavy (non-hydrogen) atoms. The van der Waals surface area contributed by atoms with E-state index < -0.39 is 12.1 Å². The van der Waals surface area contributed by atoms with Gasteiger partial charge in [0.25, 0.3) is 0 Å². The third-order valence-electron chi connectivity index (χ3n) is 1.84. The maximum absolute atomic E-state index is 11.7. The van der Waals surface area contributed by atoms with E-state index in [4.69, 9.17) is 4.74 Å². The lowest BCUT2D eigenvalue weighted by molar-refractivity contribution is -0.143. The summed E-state index contributed by atoms with van der Waals surface area (Å²) in [5.41, 5.74) is 0.534. The van der Waals surface area contributed by atoms with Gasteiger partial charge in [0.1, 0.15) is 0 Å². The molecule has 0 N–H and O–H groups in total. The lowest BCUT2D eigenvalue weighted by Crippen LogP contribution is -2.22. The Kier molecular flexibility index (Phi) is 4.03. The average Bonchev–Trinajstić information content (AvgIpc) is 2.17. The molecular formula is C11H11BrO3. The highest BCUT2D eigenvalue weighted by Crippen LogP contribution is 2.12. The van der Waals surface area contributed by atoms with Crippen molar-refractivity contribution < 1.29 is 14.3 Å². The first-order chi connectivity index (χ1) is 7.00. The molecule has 0 bridgehead atoms. The summed E-state index contributed by atoms with van der Waals surface area (Å²) < 4.78 is 5.70. The molecule has 0 heterocycles. The van der Waals surface area contributed by atoms with E-state index in [1.807, 2.05) is 0 Å². The number of Topliss-reactive ketones (excluding diaryl/α,β-unsaturated/α-hetero) is 1. The predicted molar refractivity (Wildman–Crippen MR) is 59.7 cm³/mol. The fourth-order valence-corrected chi connectivity index (χ4v) is 1.42. The molecule has 0 aliphatic carbocycles. The minimum atomic E-state index is -0.733. The van der Waals surface area contributed by atoms with Gasteiger partial charge in [0.15, 0.2) is 6.10 Å². The maximum Gasteiger partial charge on any atom is 0.303 e. The second kappa shape index (κ2) is 5.07. The highest BCUT2D eigenvalue weighted by molar-refractivity contribution is 9.10. The Morgan fingerprint density at radius 3 is 2.27 bits per heavy atom. The smallest absolute Gasteiger partial charge is 0.303 e. The van der Waals surface area contributed by atoms with E-state index in [0.29, 0.717) is 5.56 Å². The van der Waals surface area contributed by atoms with E-state index >= 15 is 0 Å². The summed E-state index contributed by atoms with van der Waals surface area (Å²) in [4.78, 5) is 22.4. The van der Waals surface area contributed by atoms with Gasteiger partial charge in [-0.15, -0.1) is 0 Å². The fraction of sp³-hybridized carbons (Fsp3) is 0.273. The Labute approximate surface area is 96.6 Å². The molecule has 1 rings (SSSR count). The second-order valence-electron chi connectivity index (χ2n) is 3.12. The molecule has 4 heteroatoms. The molecule has 0 aromatic heterocycles. The van der Waals surface area contributed by atoms with E-state index in [-0.39, 0.29) is 5.78 Å². The highest BCUT2D eigenvalue weighted by atomic mass is 79.9. The SMILES string of the molecule is CC(=O)OC(C)C(=O)c1ccc(Br)cc1. The summed E-state index contributed by atoms with van der Waals surface area (Å²) in [6.07, 6.45) is -0.733. The Morgan fingerprint density at radius 1 is 1.27 bits per heavy atom. The van der Waals surface area contributed by atoms with Crippen molar-refractivity contribution in [3.63, 3.8) is 0 Å². The minimum absolute atomic E-state index is 0.197. The maximum atomic E-state index is 11.7. The summed E-state index contributed by atoms with van der Waals surface area (Å²) in [6, 6.07) is 6.92. The van der Waals surface area contributed by atoms with Crippen molar-refractivity contribution in [1.29, 1.82) is 0 Å². The molecule has 80 valence electrons. The first-order valence-corrected chi connectivity index (χ1v) is 5.27. The van der Waals surface area contributed by atoms with Crippen LogP contribution in [0.2, 0.25) is 0 Å². The van der Waals surface area contributed by atoms with Gasteiger partial charge in [0, 0.05) is 17.0 Å². The van der Waals surface area contributed by atoms with Gasteiger partial charge < -0.3 is 4.74 Å². The highest BCUT2D eigenvalue weighted by Gasteiger charge is 2.17. The number of hydrogen-bond acceptors (Lipinski definition) is 3. The van der Waals surface area contributed by atoms with Crippen molar-refractivity contribution in [2.45, 2.75) is 20.0 Å². The zero-order chi connectivity index (χ0) is 11.4. The van der Waals surface area contributed by atoms with Crippen LogP contribution in [0.1, 0.15) is 24.2 Å². The van der Waals surface area contributed by atoms with Crippen LogP contribution in [0.5, 0.6) is 0 Å². The van der Waals surface area contributed by atoms with Crippen LogP contribution in [-0.2, 0) is 9.53 Å². The van der Waals surface area contributed by atoms with Crippen LogP contribution in [0.3, 0.4) is 0 Å². The molecule has 1 atom stereocenters. The summed E-state index contributed by atoms with van der Waals surface area (Å²) in [5, 5.41) is 0. The Bertz CT molecular complexity index is 370. The van der Waals surface area contributed by atoms with Crippen molar-refractivity contribution in [1.82, 2.24) is 0 Å². The normalized spacial score (nSPS) is 11.9. The van der Waals surface area contributed by atoms with Crippen LogP contribution in [0, 0.1) is 0 Å². The average molecular weight is 271 g/mol. The molecule has 0 aliphatic rings. The fourth-order valence-electron chi connectivity index (χ4n) is 1.15. The van der Waals surface area contributed by atoms with E-state index in [2.05, 4.69) is 15.9 Å². The Hall–Kier alpha value is -1.16. The van der Waals surface area contributed by atoms with E-state index in [0.717, 1.165) is 4.47 Å². The van der Waals surface area contributed by atoms with Gasteiger partial charge in [-0.05, 0) is 19.1 Å². The molecule has 0 saturated heterocycles. The molecule has 0 saturated carbocycles. The number of carbonyl (C=O) groups is 2. The summed E-state index contributed by atoms with van der Waals surface area (Å²) in [5.74, 6) is -0.648. The number of carbonyl (C=O) groups excluding carboxylic acids is 2. The van der Waals surface area contributed by atoms with E-state index in [9.17, 15) is 9.59 Å². The van der Waals surface area contributed by atoms with Gasteiger partial charge in [0.05, 0.1) is 0 Å². The second-order valence-corrected chi connectivity index (χ2v) is 4.04. The van der Waals surface area contributed by atoms with Crippen LogP contribution < -0.4 is 0 Å². The van der Waals surface area contributed by atoms with Gasteiger partial charge in [0.2, 0.25) is 5.78 Å². The van der Waals surface area contributed by atoms with Crippen LogP contribution in [0.15, 0.2) is 28.7 Å². The monoisotopic (exact) mass is 270 g/mol. The van der Waals surface area contributed by atoms with Gasteiger partial charge in [-0.25, -0.2) is 0 Å². The van der Waals surface area contributed by atoms with Crippen LogP contribution in [0.25, 0.3) is 0 Å². The first kappa shape index (κ1) is 11.9. The molecule has 0 amide bonds. The van der Waals surface area contributed by atoms with E-state index in [1.54, 1.807) is 31.2 Å². The molecule has 3 nitrogen and oxygen atoms in total. The Balaban J connectivity index is 2.76. The molecule has 1 unspecified atom stereocenters. The number of esters is 1. The number of rotatable bonds is 3. The molecule has 0 spiro atoms. The number of ketones is 1. The molecule has 1 aromatic carbocycles. The standard InChI is InChI=1S/C11H11BrO3/c1-7(15-8(2)13)11(14)9-3-5-10(12)6-4-9/h3-7H,1-2H3. The van der Waals surface area contributed by atoms with Gasteiger partial charge in [-0.2, -0.15) is 0 Å². The zero-order valence-corrected chi connectivity index (χ0v) is 10.1. The molecule has 0 aliphatic heterocycles. The number of hydrogen-bond donors (Lipinski definition) is 0. The molecule has 1 aromatic rings. The largest absolute Gasteiger partial charge is 0.454 e. The summed E-state index contributed by atoms with van der Waals surface area (Å²) in [6.45, 7) is 2.84. The summed E-state index contributed by atoms with van der Waals surface area (Å²) in [7, 11) is 0. The Morgan fingerprint density at radius 2 is 1.80 bits per heavy atom. The van der Waals surface area contributed by atoms with Crippen molar-refractivity contribution in [2.75, 3.05) is 0 Å². The van der Waals surface area contributed by atoms with Crippen LogP contribution in [-0.4, -0.2) is 17.9 Å². The predicted octanol–water partition coefficient (Wildman–Crippen LogP) is 2.58. The van der Waals surface area contributed by atoms with Crippen LogP contribution in [0.4, 0.5) is 0 Å². The first-order valence-electron chi connectivity index (χ1n) is 4.47. The van der Waals surface area contributed by atoms with Crippen molar-refractivity contribution in [3.8, 4) is 0 Å². The topological polar surface area (TPSA) is 43.4 Å². The lowest BCUT2D eigenvalue weighted by Gasteiger charge is -2.10. The van der Waals surface area contributed by atoms with Crippen molar-refractivity contribution in [3.05, 3.63) is 34.3 Å². The lowest BCUT2D eigenvalue weighted by atomic mass is 10.1. The van der Waals surface area contributed by atoms with Crippen molar-refractivity contribution >= 4 is 27.7 Å². The zero-order valence-electron chi connectivity index (χ0n) is 8.49. The number of ether oxygens (including phenoxy) is 1. The summed E-state index contributed by atoms with van der Waals surface area (Å²) >= 11 is 3.28. The third kappa shape index (κ3) is 3.47. The molecule has 0 fully saturated rings. The van der Waals surface area contributed by atoms with E-state index in [1.165, 1.54) is 6.92 Å². The number of halogens is 1. The van der Waals surface area contributed by atoms with Gasteiger partial charge in [-0.3, -0.25) is 9.59 Å². The minimum Gasteiger partial charge on any atom is -0.454 e. The molecular weight excluding hydrogens is 260 g/mol. The van der Waals surface area contributed by atoms with Crippen molar-refractivity contribution in [2.24, 2.45) is 0 Å². The quantitative estimate of drug-likeness (QED) is 0.627.